The summed E-state index contributed by atoms with van der Waals surface area (Å²) in [7, 11) is -4.30. The lowest BCUT2D eigenvalue weighted by Gasteiger charge is -2.13. The van der Waals surface area contributed by atoms with E-state index in [1.54, 1.807) is 6.92 Å². The van der Waals surface area contributed by atoms with Crippen molar-refractivity contribution in [1.29, 1.82) is 0 Å². The summed E-state index contributed by atoms with van der Waals surface area (Å²) in [5, 5.41) is 0. The first kappa shape index (κ1) is 20.1. The van der Waals surface area contributed by atoms with Crippen molar-refractivity contribution in [3.8, 4) is 0 Å². The van der Waals surface area contributed by atoms with Gasteiger partial charge >= 0.3 is 7.82 Å². The van der Waals surface area contributed by atoms with E-state index in [0.717, 1.165) is 19.3 Å². The second-order valence-corrected chi connectivity index (χ2v) is 6.92. The molecule has 0 fully saturated rings. The van der Waals surface area contributed by atoms with Crippen LogP contribution in [0.3, 0.4) is 0 Å². The number of unbranched alkanes of at least 4 members (excludes halogenated alkanes) is 10. The lowest BCUT2D eigenvalue weighted by Crippen LogP contribution is -2.05. The lowest BCUT2D eigenvalue weighted by atomic mass is 10.0. The molecular formula is C15H33O4P. The van der Waals surface area contributed by atoms with Crippen molar-refractivity contribution in [2.24, 2.45) is 0 Å². The second kappa shape index (κ2) is 12.8. The van der Waals surface area contributed by atoms with Gasteiger partial charge in [-0.3, -0.25) is 4.52 Å². The number of rotatable bonds is 14. The Balaban J connectivity index is 3.19. The predicted octanol–water partition coefficient (Wildman–Crippen LogP) is 5.19. The van der Waals surface area contributed by atoms with Crippen LogP contribution in [0, 0.1) is 0 Å². The van der Waals surface area contributed by atoms with Gasteiger partial charge in [0.2, 0.25) is 0 Å². The molecule has 5 heteroatoms. The summed E-state index contributed by atoms with van der Waals surface area (Å²) in [5.41, 5.74) is 0. The minimum atomic E-state index is -4.30. The van der Waals surface area contributed by atoms with Crippen molar-refractivity contribution in [2.45, 2.75) is 97.0 Å². The van der Waals surface area contributed by atoms with Crippen LogP contribution in [0.5, 0.6) is 0 Å². The maximum atomic E-state index is 10.6. The molecule has 0 aliphatic rings. The smallest absolute Gasteiger partial charge is 0.303 e. The standard InChI is InChI=1S/C15H33O4P/c1-3-4-5-6-7-8-9-10-11-12-13-14-15(2)19-20(16,17)18/h15H,3-14H2,1-2H3,(H2,16,17,18). The van der Waals surface area contributed by atoms with Crippen molar-refractivity contribution < 1.29 is 18.9 Å². The molecule has 0 saturated carbocycles. The van der Waals surface area contributed by atoms with E-state index in [-0.39, 0.29) is 6.10 Å². The van der Waals surface area contributed by atoms with E-state index in [9.17, 15) is 4.57 Å². The highest BCUT2D eigenvalue weighted by molar-refractivity contribution is 7.46. The molecule has 0 aromatic rings. The second-order valence-electron chi connectivity index (χ2n) is 5.73. The summed E-state index contributed by atoms with van der Waals surface area (Å²) >= 11 is 0. The highest BCUT2D eigenvalue weighted by atomic mass is 31.2. The van der Waals surface area contributed by atoms with E-state index in [0.29, 0.717) is 0 Å². The van der Waals surface area contributed by atoms with Gasteiger partial charge in [0.25, 0.3) is 0 Å². The molecule has 1 atom stereocenters. The highest BCUT2D eigenvalue weighted by Gasteiger charge is 2.18. The molecule has 0 bridgehead atoms. The minimum absolute atomic E-state index is 0.352. The minimum Gasteiger partial charge on any atom is -0.303 e. The first-order valence-corrected chi connectivity index (χ1v) is 9.72. The van der Waals surface area contributed by atoms with Gasteiger partial charge in [0.15, 0.2) is 0 Å². The van der Waals surface area contributed by atoms with Crippen LogP contribution < -0.4 is 0 Å². The normalized spacial score (nSPS) is 13.6. The summed E-state index contributed by atoms with van der Waals surface area (Å²) in [6.07, 6.45) is 14.5. The zero-order valence-corrected chi connectivity index (χ0v) is 14.1. The molecule has 0 aromatic carbocycles. The molecule has 4 nitrogen and oxygen atoms in total. The Labute approximate surface area is 124 Å². The van der Waals surface area contributed by atoms with Crippen molar-refractivity contribution in [1.82, 2.24) is 0 Å². The third kappa shape index (κ3) is 16.2. The predicted molar refractivity (Wildman–Crippen MR) is 83.7 cm³/mol. The molecule has 20 heavy (non-hydrogen) atoms. The van der Waals surface area contributed by atoms with E-state index in [1.807, 2.05) is 0 Å². The van der Waals surface area contributed by atoms with Crippen LogP contribution >= 0.6 is 7.82 Å². The molecule has 0 aliphatic heterocycles. The van der Waals surface area contributed by atoms with Crippen LogP contribution in [0.1, 0.15) is 90.9 Å². The highest BCUT2D eigenvalue weighted by Crippen LogP contribution is 2.38. The summed E-state index contributed by atoms with van der Waals surface area (Å²) in [4.78, 5) is 17.3. The fraction of sp³-hybridized carbons (Fsp3) is 1.00. The van der Waals surface area contributed by atoms with E-state index in [2.05, 4.69) is 11.4 Å². The Morgan fingerprint density at radius 3 is 1.65 bits per heavy atom. The first-order chi connectivity index (χ1) is 9.45. The monoisotopic (exact) mass is 308 g/mol. The quantitative estimate of drug-likeness (QED) is 0.342. The molecular weight excluding hydrogens is 275 g/mol. The fourth-order valence-electron chi connectivity index (χ4n) is 2.38. The zero-order valence-electron chi connectivity index (χ0n) is 13.2. The van der Waals surface area contributed by atoms with Crippen LogP contribution in [0.2, 0.25) is 0 Å². The van der Waals surface area contributed by atoms with Crippen molar-refractivity contribution in [3.05, 3.63) is 0 Å². The first-order valence-electron chi connectivity index (χ1n) is 8.19. The van der Waals surface area contributed by atoms with Gasteiger partial charge < -0.3 is 9.79 Å². The van der Waals surface area contributed by atoms with Crippen LogP contribution in [-0.2, 0) is 9.09 Å². The van der Waals surface area contributed by atoms with Gasteiger partial charge in [-0.25, -0.2) is 4.57 Å². The number of phosphoric acid groups is 1. The van der Waals surface area contributed by atoms with Gasteiger partial charge in [-0.05, 0) is 13.3 Å². The Morgan fingerprint density at radius 1 is 0.850 bits per heavy atom. The lowest BCUT2D eigenvalue weighted by molar-refractivity contribution is 0.136. The molecule has 0 amide bonds. The molecule has 1 unspecified atom stereocenters. The third-order valence-corrected chi connectivity index (χ3v) is 4.17. The molecule has 2 N–H and O–H groups in total. The van der Waals surface area contributed by atoms with Crippen molar-refractivity contribution in [3.63, 3.8) is 0 Å². The number of hydrogen-bond acceptors (Lipinski definition) is 2. The van der Waals surface area contributed by atoms with Gasteiger partial charge in [0, 0.05) is 0 Å². The number of hydrogen-bond donors (Lipinski definition) is 2. The van der Waals surface area contributed by atoms with E-state index in [4.69, 9.17) is 9.79 Å². The molecule has 0 heterocycles. The molecule has 0 rings (SSSR count). The fourth-order valence-corrected chi connectivity index (χ4v) is 2.96. The van der Waals surface area contributed by atoms with E-state index in [1.165, 1.54) is 57.8 Å². The molecule has 0 saturated heterocycles. The molecule has 0 aromatic heterocycles. The summed E-state index contributed by atoms with van der Waals surface area (Å²) in [5.74, 6) is 0. The van der Waals surface area contributed by atoms with Gasteiger partial charge in [0.1, 0.15) is 0 Å². The van der Waals surface area contributed by atoms with E-state index < -0.39 is 7.82 Å². The molecule has 0 spiro atoms. The number of phosphoric ester groups is 1. The third-order valence-electron chi connectivity index (χ3n) is 3.53. The van der Waals surface area contributed by atoms with Crippen LogP contribution in [0.4, 0.5) is 0 Å². The van der Waals surface area contributed by atoms with Gasteiger partial charge in [0.05, 0.1) is 6.10 Å². The molecule has 0 radical (unpaired) electrons. The summed E-state index contributed by atoms with van der Waals surface area (Å²) in [6.45, 7) is 3.96. The average molecular weight is 308 g/mol. The van der Waals surface area contributed by atoms with Crippen LogP contribution in [0.15, 0.2) is 0 Å². The topological polar surface area (TPSA) is 66.8 Å². The SMILES string of the molecule is CCCCCCCCCCCCCC(C)OP(=O)(O)O. The Bertz CT molecular complexity index is 252. The largest absolute Gasteiger partial charge is 0.469 e. The summed E-state index contributed by atoms with van der Waals surface area (Å²) < 4.78 is 15.2. The average Bonchev–Trinajstić information content (AvgIpc) is 2.34. The Kier molecular flexibility index (Phi) is 12.9. The van der Waals surface area contributed by atoms with E-state index >= 15 is 0 Å². The van der Waals surface area contributed by atoms with Crippen LogP contribution in [0.25, 0.3) is 0 Å². The van der Waals surface area contributed by atoms with Gasteiger partial charge in [-0.1, -0.05) is 77.6 Å². The summed E-state index contributed by atoms with van der Waals surface area (Å²) in [6, 6.07) is 0. The van der Waals surface area contributed by atoms with Crippen LogP contribution in [-0.4, -0.2) is 15.9 Å². The molecule has 0 aliphatic carbocycles. The van der Waals surface area contributed by atoms with Crippen molar-refractivity contribution >= 4 is 7.82 Å². The van der Waals surface area contributed by atoms with Gasteiger partial charge in [-0.15, -0.1) is 0 Å². The Morgan fingerprint density at radius 2 is 1.25 bits per heavy atom. The Hall–Kier alpha value is 0.110. The van der Waals surface area contributed by atoms with Gasteiger partial charge in [-0.2, -0.15) is 0 Å². The maximum absolute atomic E-state index is 10.6. The molecule has 122 valence electrons. The zero-order chi connectivity index (χ0) is 15.3. The van der Waals surface area contributed by atoms with Crippen molar-refractivity contribution in [2.75, 3.05) is 0 Å². The maximum Gasteiger partial charge on any atom is 0.469 e.